The minimum absolute atomic E-state index is 0. The van der Waals surface area contributed by atoms with Crippen LogP contribution in [0.15, 0.2) is 97.3 Å². The molecule has 0 spiro atoms. The van der Waals surface area contributed by atoms with E-state index in [1.165, 1.54) is 6.07 Å². The van der Waals surface area contributed by atoms with Crippen LogP contribution in [0.1, 0.15) is 11.1 Å². The van der Waals surface area contributed by atoms with Crippen molar-refractivity contribution < 1.29 is 20.1 Å². The third-order valence-corrected chi connectivity index (χ3v) is 5.53. The van der Waals surface area contributed by atoms with Gasteiger partial charge in [-0.15, -0.1) is 48.0 Å². The second-order valence-electron chi connectivity index (χ2n) is 7.82. The summed E-state index contributed by atoms with van der Waals surface area (Å²) in [6.07, 6.45) is 3.46. The molecule has 0 atom stereocenters. The third-order valence-electron chi connectivity index (χ3n) is 5.53. The van der Waals surface area contributed by atoms with Crippen molar-refractivity contribution in [1.82, 2.24) is 9.97 Å². The van der Waals surface area contributed by atoms with Gasteiger partial charge in [0.2, 0.25) is 11.4 Å². The minimum atomic E-state index is 0. The molecule has 2 heterocycles. The van der Waals surface area contributed by atoms with Crippen LogP contribution in [0.3, 0.4) is 0 Å². The Labute approximate surface area is 236 Å². The van der Waals surface area contributed by atoms with Gasteiger partial charge in [0.15, 0.2) is 0 Å². The average molecular weight is 666 g/mol. The largest absolute Gasteiger partial charge is 0.305 e. The van der Waals surface area contributed by atoms with E-state index in [0.29, 0.717) is 11.3 Å². The first-order valence-corrected chi connectivity index (χ1v) is 11.3. The van der Waals surface area contributed by atoms with E-state index in [1.54, 1.807) is 12.4 Å². The molecule has 0 amide bonds. The molecule has 183 valence electrons. The van der Waals surface area contributed by atoms with Crippen molar-refractivity contribution in [3.8, 4) is 39.7 Å². The van der Waals surface area contributed by atoms with Gasteiger partial charge in [-0.2, -0.15) is 0 Å². The van der Waals surface area contributed by atoms with Crippen molar-refractivity contribution >= 4 is 11.4 Å². The number of benzene rings is 3. The summed E-state index contributed by atoms with van der Waals surface area (Å²) in [5.74, 6) is 0. The molecule has 0 unspecified atom stereocenters. The quantitative estimate of drug-likeness (QED) is 0.183. The minimum Gasteiger partial charge on any atom is -0.305 e. The predicted octanol–water partition coefficient (Wildman–Crippen LogP) is 8.04. The molecule has 6 heteroatoms. The van der Waals surface area contributed by atoms with E-state index in [-0.39, 0.29) is 37.0 Å². The maximum atomic E-state index is 9.18. The second-order valence-corrected chi connectivity index (χ2v) is 7.82. The van der Waals surface area contributed by atoms with Crippen LogP contribution >= 0.6 is 0 Å². The van der Waals surface area contributed by atoms with Crippen LogP contribution in [0.4, 0.5) is 11.4 Å². The average Bonchev–Trinajstić information content (AvgIpc) is 2.97. The van der Waals surface area contributed by atoms with Gasteiger partial charge in [0.05, 0.1) is 6.57 Å². The molecule has 0 saturated heterocycles. The van der Waals surface area contributed by atoms with Crippen molar-refractivity contribution in [3.05, 3.63) is 143 Å². The van der Waals surface area contributed by atoms with E-state index in [9.17, 15) is 5.26 Å². The Morgan fingerprint density at radius 1 is 0.816 bits per heavy atom. The molecule has 0 fully saturated rings. The molecule has 5 rings (SSSR count). The fourth-order valence-corrected chi connectivity index (χ4v) is 3.81. The van der Waals surface area contributed by atoms with Gasteiger partial charge in [-0.3, -0.25) is 0 Å². The zero-order valence-corrected chi connectivity index (χ0v) is 22.7. The van der Waals surface area contributed by atoms with E-state index in [2.05, 4.69) is 31.8 Å². The number of nitriles is 1. The number of pyridine rings is 2. The number of nitrogens with zero attached hydrogens (tertiary/aromatic N) is 5. The van der Waals surface area contributed by atoms with Crippen molar-refractivity contribution in [2.24, 2.45) is 0 Å². The molecule has 0 aliphatic heterocycles. The van der Waals surface area contributed by atoms with Crippen molar-refractivity contribution in [1.29, 1.82) is 5.26 Å². The van der Waals surface area contributed by atoms with Crippen LogP contribution in [0.25, 0.3) is 43.3 Å². The fourth-order valence-electron chi connectivity index (χ4n) is 3.81. The first-order valence-electron chi connectivity index (χ1n) is 11.3. The molecule has 38 heavy (non-hydrogen) atoms. The maximum Gasteiger partial charge on any atom is 0.244 e. The van der Waals surface area contributed by atoms with Crippen LogP contribution in [0.5, 0.6) is 0 Å². The second kappa shape index (κ2) is 13.4. The van der Waals surface area contributed by atoms with Crippen molar-refractivity contribution in [3.63, 3.8) is 0 Å². The zero-order valence-electron chi connectivity index (χ0n) is 20.3. The molecule has 0 N–H and O–H groups in total. The molecular formula is C32H19IrN5-2. The topological polar surface area (TPSA) is 58.3 Å². The number of aromatic nitrogens is 2. The van der Waals surface area contributed by atoms with Crippen LogP contribution in [0.2, 0.25) is 0 Å². The number of aryl methyl sites for hydroxylation is 1. The van der Waals surface area contributed by atoms with E-state index >= 15 is 0 Å². The summed E-state index contributed by atoms with van der Waals surface area (Å²) in [6.45, 7) is 16.8. The molecule has 0 bridgehead atoms. The maximum absolute atomic E-state index is 9.18. The first kappa shape index (κ1) is 27.7. The smallest absolute Gasteiger partial charge is 0.244 e. The van der Waals surface area contributed by atoms with Crippen LogP contribution < -0.4 is 0 Å². The Hall–Kier alpha value is -4.92. The van der Waals surface area contributed by atoms with Gasteiger partial charge in [-0.05, 0) is 52.6 Å². The molecule has 0 saturated carbocycles. The molecule has 1 radical (unpaired) electrons. The van der Waals surface area contributed by atoms with Gasteiger partial charge >= 0.3 is 0 Å². The summed E-state index contributed by atoms with van der Waals surface area (Å²) in [6, 6.07) is 34.9. The van der Waals surface area contributed by atoms with Gasteiger partial charge in [-0.1, -0.05) is 42.5 Å². The number of hydrogen-bond acceptors (Lipinski definition) is 3. The summed E-state index contributed by atoms with van der Waals surface area (Å²) in [4.78, 5) is 15.6. The van der Waals surface area contributed by atoms with Crippen LogP contribution in [-0.4, -0.2) is 9.97 Å². The fraction of sp³-hybridized carbons (Fsp3) is 0.0312. The van der Waals surface area contributed by atoms with E-state index in [0.717, 1.165) is 27.9 Å². The Kier molecular flexibility index (Phi) is 9.76. The summed E-state index contributed by atoms with van der Waals surface area (Å²) in [7, 11) is 0. The Bertz CT molecular complexity index is 1610. The molecule has 3 aromatic carbocycles. The Morgan fingerprint density at radius 2 is 1.55 bits per heavy atom. The molecule has 0 aliphatic carbocycles. The van der Waals surface area contributed by atoms with Gasteiger partial charge in [0, 0.05) is 44.3 Å². The molecule has 5 aromatic rings. The molecular weight excluding hydrogens is 647 g/mol. The van der Waals surface area contributed by atoms with E-state index in [4.69, 9.17) is 13.1 Å². The van der Waals surface area contributed by atoms with Gasteiger partial charge < -0.3 is 9.97 Å². The summed E-state index contributed by atoms with van der Waals surface area (Å²) >= 11 is 0. The normalized spacial score (nSPS) is 9.42. The SMILES string of the molecule is [C-]#[N+]c1c(-c2nccc(C)c2-c2ccccc2)[c-]cc(C#N)c1[N+]#[C-].[Ir].[c-]1ccccc1-c1ccccn1. The van der Waals surface area contributed by atoms with Gasteiger partial charge in [-0.25, -0.2) is 15.0 Å². The monoisotopic (exact) mass is 666 g/mol. The molecule has 2 aromatic heterocycles. The Balaban J connectivity index is 0.000000258. The van der Waals surface area contributed by atoms with Crippen molar-refractivity contribution in [2.45, 2.75) is 6.92 Å². The standard InChI is InChI=1S/C21H11N4.C11H8N.Ir/c1-14-11-12-25-20(18(14)15-7-5-4-6-8-15)17-10-9-16(13-22)19(23-2)21(17)24-3;1-2-6-10(7-3-1)11-8-4-5-9-12-11;/h4-9,11-12H,1H3;1-6,8-9H;/q2*-1;. The summed E-state index contributed by atoms with van der Waals surface area (Å²) in [5.41, 5.74) is 6.24. The summed E-state index contributed by atoms with van der Waals surface area (Å²) < 4.78 is 0. The zero-order chi connectivity index (χ0) is 26.0. The number of rotatable bonds is 3. The molecule has 5 nitrogen and oxygen atoms in total. The first-order chi connectivity index (χ1) is 18.2. The van der Waals surface area contributed by atoms with Crippen LogP contribution in [0, 0.1) is 43.5 Å². The number of hydrogen-bond donors (Lipinski definition) is 0. The van der Waals surface area contributed by atoms with E-state index in [1.807, 2.05) is 91.9 Å². The predicted molar refractivity (Wildman–Crippen MR) is 144 cm³/mol. The van der Waals surface area contributed by atoms with Crippen LogP contribution in [-0.2, 0) is 20.1 Å². The van der Waals surface area contributed by atoms with E-state index < -0.39 is 0 Å². The molecule has 0 aliphatic rings. The van der Waals surface area contributed by atoms with Gasteiger partial charge in [0.1, 0.15) is 6.57 Å². The van der Waals surface area contributed by atoms with Gasteiger partial charge in [0.25, 0.3) is 0 Å². The Morgan fingerprint density at radius 3 is 2.18 bits per heavy atom. The summed E-state index contributed by atoms with van der Waals surface area (Å²) in [5, 5.41) is 9.18. The third kappa shape index (κ3) is 6.07. The van der Waals surface area contributed by atoms with Crippen molar-refractivity contribution in [2.75, 3.05) is 0 Å².